The molecule has 30 heavy (non-hydrogen) atoms. The highest BCUT2D eigenvalue weighted by Gasteiger charge is 2.28. The lowest BCUT2D eigenvalue weighted by Crippen LogP contribution is -2.25. The van der Waals surface area contributed by atoms with Crippen molar-refractivity contribution in [2.24, 2.45) is 5.73 Å². The maximum atomic E-state index is 12.4. The number of rotatable bonds is 8. The van der Waals surface area contributed by atoms with E-state index < -0.39 is 15.9 Å². The standard InChI is InChI=1S/C20H23N3O6S/c1-28-18-11-14(3-8-17(18)29-13-19(21)24)12-22-20(25)15-4-6-16(7-5-15)23-9-2-10-30(23,26)27/h3-8,11H,2,9-10,12-13H2,1H3,(H2,21,24)(H,22,25). The minimum Gasteiger partial charge on any atom is -0.493 e. The maximum absolute atomic E-state index is 12.4. The van der Waals surface area contributed by atoms with E-state index in [0.29, 0.717) is 35.7 Å². The fraction of sp³-hybridized carbons (Fsp3) is 0.300. The molecule has 0 saturated carbocycles. The van der Waals surface area contributed by atoms with Crippen molar-refractivity contribution in [1.29, 1.82) is 0 Å². The molecule has 2 aromatic carbocycles. The monoisotopic (exact) mass is 433 g/mol. The zero-order valence-corrected chi connectivity index (χ0v) is 17.3. The van der Waals surface area contributed by atoms with Crippen LogP contribution in [0.15, 0.2) is 42.5 Å². The van der Waals surface area contributed by atoms with Crippen molar-refractivity contribution in [3.8, 4) is 11.5 Å². The first kappa shape index (κ1) is 21.4. The zero-order chi connectivity index (χ0) is 21.7. The van der Waals surface area contributed by atoms with Gasteiger partial charge in [0.2, 0.25) is 10.0 Å². The molecule has 0 atom stereocenters. The van der Waals surface area contributed by atoms with E-state index in [4.69, 9.17) is 15.2 Å². The molecule has 0 aliphatic carbocycles. The van der Waals surface area contributed by atoms with Gasteiger partial charge in [0.15, 0.2) is 18.1 Å². The molecule has 0 bridgehead atoms. The van der Waals surface area contributed by atoms with Gasteiger partial charge in [-0.25, -0.2) is 8.42 Å². The van der Waals surface area contributed by atoms with Gasteiger partial charge in [-0.2, -0.15) is 0 Å². The number of carbonyl (C=O) groups excluding carboxylic acids is 2. The van der Waals surface area contributed by atoms with Crippen molar-refractivity contribution in [3.63, 3.8) is 0 Å². The normalized spacial score (nSPS) is 14.9. The molecule has 1 saturated heterocycles. The van der Waals surface area contributed by atoms with Crippen molar-refractivity contribution in [2.45, 2.75) is 13.0 Å². The summed E-state index contributed by atoms with van der Waals surface area (Å²) in [6.45, 7) is 0.434. The molecule has 0 aromatic heterocycles. The van der Waals surface area contributed by atoms with Crippen LogP contribution in [0.5, 0.6) is 11.5 Å². The molecule has 3 rings (SSSR count). The van der Waals surface area contributed by atoms with E-state index in [-0.39, 0.29) is 24.8 Å². The van der Waals surface area contributed by atoms with E-state index in [1.807, 2.05) is 0 Å². The molecule has 3 N–H and O–H groups in total. The lowest BCUT2D eigenvalue weighted by molar-refractivity contribution is -0.119. The number of hydrogen-bond donors (Lipinski definition) is 2. The number of carbonyl (C=O) groups is 2. The Labute approximate surface area is 174 Å². The number of hydrogen-bond acceptors (Lipinski definition) is 6. The van der Waals surface area contributed by atoms with Crippen LogP contribution in [0.3, 0.4) is 0 Å². The summed E-state index contributed by atoms with van der Waals surface area (Å²) >= 11 is 0. The number of primary amides is 1. The van der Waals surface area contributed by atoms with E-state index in [1.165, 1.54) is 11.4 Å². The number of nitrogens with two attached hydrogens (primary N) is 1. The smallest absolute Gasteiger partial charge is 0.255 e. The Hall–Kier alpha value is -3.27. The van der Waals surface area contributed by atoms with Crippen molar-refractivity contribution >= 4 is 27.5 Å². The molecule has 1 aliphatic rings. The van der Waals surface area contributed by atoms with Crippen LogP contribution in [0.4, 0.5) is 5.69 Å². The van der Waals surface area contributed by atoms with Crippen molar-refractivity contribution in [3.05, 3.63) is 53.6 Å². The first-order valence-electron chi connectivity index (χ1n) is 9.27. The molecular formula is C20H23N3O6S. The number of methoxy groups -OCH3 is 1. The lowest BCUT2D eigenvalue weighted by Gasteiger charge is -2.17. The van der Waals surface area contributed by atoms with E-state index >= 15 is 0 Å². The molecule has 160 valence electrons. The van der Waals surface area contributed by atoms with E-state index in [0.717, 1.165) is 5.56 Å². The highest BCUT2D eigenvalue weighted by molar-refractivity contribution is 7.93. The number of nitrogens with zero attached hydrogens (tertiary/aromatic N) is 1. The number of benzene rings is 2. The molecular weight excluding hydrogens is 410 g/mol. The summed E-state index contributed by atoms with van der Waals surface area (Å²) in [4.78, 5) is 23.3. The average Bonchev–Trinajstić information content (AvgIpc) is 3.09. The van der Waals surface area contributed by atoms with Gasteiger partial charge in [-0.3, -0.25) is 13.9 Å². The van der Waals surface area contributed by atoms with Crippen LogP contribution in [0.25, 0.3) is 0 Å². The predicted octanol–water partition coefficient (Wildman–Crippen LogP) is 1.03. The molecule has 10 heteroatoms. The average molecular weight is 433 g/mol. The molecule has 1 fully saturated rings. The molecule has 9 nitrogen and oxygen atoms in total. The highest BCUT2D eigenvalue weighted by atomic mass is 32.2. The van der Waals surface area contributed by atoms with E-state index in [2.05, 4.69) is 5.32 Å². The topological polar surface area (TPSA) is 128 Å². The minimum absolute atomic E-state index is 0.144. The van der Waals surface area contributed by atoms with Gasteiger partial charge in [0, 0.05) is 18.7 Å². The fourth-order valence-electron chi connectivity index (χ4n) is 3.08. The number of anilines is 1. The van der Waals surface area contributed by atoms with Crippen molar-refractivity contribution in [1.82, 2.24) is 5.32 Å². The van der Waals surface area contributed by atoms with Crippen LogP contribution >= 0.6 is 0 Å². The van der Waals surface area contributed by atoms with Crippen LogP contribution < -0.4 is 24.8 Å². The van der Waals surface area contributed by atoms with Gasteiger partial charge in [0.1, 0.15) is 0 Å². The summed E-state index contributed by atoms with van der Waals surface area (Å²) in [5.74, 6) is 0.0454. The molecule has 2 aromatic rings. The third-order valence-electron chi connectivity index (χ3n) is 4.57. The summed E-state index contributed by atoms with van der Waals surface area (Å²) in [6, 6.07) is 11.5. The molecule has 0 unspecified atom stereocenters. The third kappa shape index (κ3) is 5.01. The second kappa shape index (κ2) is 9.04. The van der Waals surface area contributed by atoms with Gasteiger partial charge in [-0.1, -0.05) is 6.07 Å². The lowest BCUT2D eigenvalue weighted by atomic mass is 10.1. The second-order valence-electron chi connectivity index (χ2n) is 6.71. The maximum Gasteiger partial charge on any atom is 0.255 e. The summed E-state index contributed by atoms with van der Waals surface area (Å²) in [5.41, 5.74) is 6.82. The Bertz CT molecular complexity index is 1040. The van der Waals surface area contributed by atoms with Crippen molar-refractivity contribution < 1.29 is 27.5 Å². The van der Waals surface area contributed by atoms with Gasteiger partial charge in [0.25, 0.3) is 11.8 Å². The Morgan fingerprint density at radius 1 is 1.13 bits per heavy atom. The number of ether oxygens (including phenoxy) is 2. The van der Waals surface area contributed by atoms with Gasteiger partial charge in [-0.05, 0) is 48.4 Å². The number of nitrogens with one attached hydrogen (secondary N) is 1. The van der Waals surface area contributed by atoms with Crippen LogP contribution in [-0.2, 0) is 21.4 Å². The predicted molar refractivity (Wildman–Crippen MR) is 111 cm³/mol. The summed E-state index contributed by atoms with van der Waals surface area (Å²) < 4.78 is 35.9. The Kier molecular flexibility index (Phi) is 6.46. The van der Waals surface area contributed by atoms with Crippen LogP contribution in [0.1, 0.15) is 22.3 Å². The Balaban J connectivity index is 1.62. The highest BCUT2D eigenvalue weighted by Crippen LogP contribution is 2.28. The van der Waals surface area contributed by atoms with Crippen LogP contribution in [-0.4, -0.2) is 46.2 Å². The SMILES string of the molecule is COc1cc(CNC(=O)c2ccc(N3CCCS3(=O)=O)cc2)ccc1OCC(N)=O. The minimum atomic E-state index is -3.25. The van der Waals surface area contributed by atoms with Crippen molar-refractivity contribution in [2.75, 3.05) is 30.3 Å². The summed E-state index contributed by atoms with van der Waals surface area (Å²) in [6.07, 6.45) is 0.598. The third-order valence-corrected chi connectivity index (χ3v) is 6.44. The van der Waals surface area contributed by atoms with Gasteiger partial charge in [0.05, 0.1) is 18.6 Å². The Morgan fingerprint density at radius 2 is 1.87 bits per heavy atom. The molecule has 0 radical (unpaired) electrons. The van der Waals surface area contributed by atoms with Crippen LogP contribution in [0.2, 0.25) is 0 Å². The zero-order valence-electron chi connectivity index (χ0n) is 16.5. The van der Waals surface area contributed by atoms with E-state index in [9.17, 15) is 18.0 Å². The number of sulfonamides is 1. The van der Waals surface area contributed by atoms with Crippen LogP contribution in [0, 0.1) is 0 Å². The van der Waals surface area contributed by atoms with Gasteiger partial charge in [-0.15, -0.1) is 0 Å². The molecule has 1 aliphatic heterocycles. The summed E-state index contributed by atoms with van der Waals surface area (Å²) in [7, 11) is -1.78. The Morgan fingerprint density at radius 3 is 2.47 bits per heavy atom. The molecule has 0 spiro atoms. The van der Waals surface area contributed by atoms with Gasteiger partial charge < -0.3 is 20.5 Å². The largest absolute Gasteiger partial charge is 0.493 e. The first-order valence-corrected chi connectivity index (χ1v) is 10.9. The molecule has 2 amide bonds. The summed E-state index contributed by atoms with van der Waals surface area (Å²) in [5, 5.41) is 2.80. The molecule has 1 heterocycles. The fourth-order valence-corrected chi connectivity index (χ4v) is 4.65. The second-order valence-corrected chi connectivity index (χ2v) is 8.72. The number of amides is 2. The quantitative estimate of drug-likeness (QED) is 0.640. The first-order chi connectivity index (χ1) is 14.3. The van der Waals surface area contributed by atoms with E-state index in [1.54, 1.807) is 42.5 Å². The van der Waals surface area contributed by atoms with Gasteiger partial charge >= 0.3 is 0 Å².